The Morgan fingerprint density at radius 3 is 2.85 bits per heavy atom. The second kappa shape index (κ2) is 9.70. The average molecular weight is 528 g/mol. The summed E-state index contributed by atoms with van der Waals surface area (Å²) in [5, 5.41) is 24.4. The van der Waals surface area contributed by atoms with Gasteiger partial charge in [0.1, 0.15) is 5.82 Å². The third-order valence-corrected chi connectivity index (χ3v) is 7.49. The fourth-order valence-corrected chi connectivity index (χ4v) is 5.71. The van der Waals surface area contributed by atoms with E-state index in [9.17, 15) is 14.3 Å². The van der Waals surface area contributed by atoms with Gasteiger partial charge in [0.25, 0.3) is 0 Å². The van der Waals surface area contributed by atoms with Gasteiger partial charge in [0.15, 0.2) is 5.82 Å². The number of benzene rings is 2. The highest BCUT2D eigenvalue weighted by molar-refractivity contribution is 5.92. The maximum atomic E-state index is 14.5. The zero-order valence-electron chi connectivity index (χ0n) is 21.8. The number of β-amino-alcohol motifs (C(OH)–C–C–N with tert-alkyl or cyclic N) is 1. The van der Waals surface area contributed by atoms with Crippen LogP contribution in [0.5, 0.6) is 0 Å². The number of imidazole rings is 1. The highest BCUT2D eigenvalue weighted by Crippen LogP contribution is 2.32. The molecule has 2 aromatic carbocycles. The first-order chi connectivity index (χ1) is 18.8. The van der Waals surface area contributed by atoms with Crippen LogP contribution in [-0.4, -0.2) is 49.3 Å². The quantitative estimate of drug-likeness (QED) is 0.276. The molecule has 0 radical (unpaired) electrons. The number of aliphatic hydroxyl groups is 1. The van der Waals surface area contributed by atoms with Crippen LogP contribution in [-0.2, 0) is 11.3 Å². The summed E-state index contributed by atoms with van der Waals surface area (Å²) < 4.78 is 18.1. The summed E-state index contributed by atoms with van der Waals surface area (Å²) in [6.45, 7) is 4.56. The Labute approximate surface area is 224 Å². The van der Waals surface area contributed by atoms with Crippen molar-refractivity contribution in [1.82, 2.24) is 19.1 Å². The number of anilines is 2. The van der Waals surface area contributed by atoms with Gasteiger partial charge in [-0.05, 0) is 61.4 Å². The van der Waals surface area contributed by atoms with Gasteiger partial charge in [0.05, 0.1) is 35.4 Å². The van der Waals surface area contributed by atoms with Gasteiger partial charge < -0.3 is 29.4 Å². The number of H-pyrrole nitrogens is 1. The number of rotatable bonds is 5. The maximum Gasteiger partial charge on any atom is 0.221 e. The highest BCUT2D eigenvalue weighted by atomic mass is 19.1. The summed E-state index contributed by atoms with van der Waals surface area (Å²) in [5.41, 5.74) is 4.96. The molecule has 0 saturated carbocycles. The number of carbonyl (C=O) groups excluding carboxylic acids is 1. The number of hydrogen-bond acceptors (Lipinski definition) is 5. The minimum atomic E-state index is -0.851. The predicted molar refractivity (Wildman–Crippen MR) is 148 cm³/mol. The van der Waals surface area contributed by atoms with Crippen molar-refractivity contribution in [3.63, 3.8) is 0 Å². The first-order valence-corrected chi connectivity index (χ1v) is 13.0. The van der Waals surface area contributed by atoms with Crippen LogP contribution in [0.25, 0.3) is 21.9 Å². The molecule has 5 aromatic rings. The Kier molecular flexibility index (Phi) is 6.19. The monoisotopic (exact) mass is 527 g/mol. The summed E-state index contributed by atoms with van der Waals surface area (Å²) in [5.74, 6) is 0.0146. The van der Waals surface area contributed by atoms with Gasteiger partial charge in [0.2, 0.25) is 11.5 Å². The number of aliphatic hydroxyl groups excluding tert-OH is 1. The molecule has 39 heavy (non-hydrogen) atoms. The van der Waals surface area contributed by atoms with Crippen LogP contribution < -0.4 is 15.8 Å². The topological polar surface area (TPSA) is 115 Å². The number of amides is 1. The number of carbonyl (C=O) groups is 1. The van der Waals surface area contributed by atoms with Crippen molar-refractivity contribution in [3.8, 4) is 0 Å². The van der Waals surface area contributed by atoms with E-state index in [1.165, 1.54) is 19.1 Å². The number of fused-ring (bicyclic) bond motifs is 2. The number of nitrogens with one attached hydrogen (secondary N) is 3. The Morgan fingerprint density at radius 2 is 2.05 bits per heavy atom. The molecule has 1 amide bonds. The molecule has 6 rings (SSSR count). The summed E-state index contributed by atoms with van der Waals surface area (Å²) in [7, 11) is 0. The molecule has 4 heterocycles. The molecule has 2 atom stereocenters. The Hall–Kier alpha value is -4.44. The lowest BCUT2D eigenvalue weighted by Gasteiger charge is -2.38. The fraction of sp³-hybridized carbons (Fsp3) is 0.276. The molecule has 1 aliphatic rings. The SMILES string of the molecule is CC(=O)Nc1ccc(C)nc1N1CCC(n2c(=N)n(Cc3cccc4[nH]ccc34)c3ccc(F)cc32)[C@@H](O)C1. The van der Waals surface area contributed by atoms with Crippen molar-refractivity contribution >= 4 is 39.3 Å². The second-order valence-corrected chi connectivity index (χ2v) is 10.1. The molecule has 0 aliphatic carbocycles. The van der Waals surface area contributed by atoms with Crippen molar-refractivity contribution in [2.24, 2.45) is 0 Å². The number of nitrogens with zero attached hydrogens (tertiary/aromatic N) is 4. The van der Waals surface area contributed by atoms with E-state index < -0.39 is 18.0 Å². The second-order valence-electron chi connectivity index (χ2n) is 10.1. The number of halogens is 1. The molecule has 10 heteroatoms. The van der Waals surface area contributed by atoms with Crippen molar-refractivity contribution in [2.75, 3.05) is 23.3 Å². The minimum Gasteiger partial charge on any atom is -0.389 e. The first kappa shape index (κ1) is 24.9. The van der Waals surface area contributed by atoms with Gasteiger partial charge in [-0.3, -0.25) is 10.2 Å². The van der Waals surface area contributed by atoms with Crippen molar-refractivity contribution in [2.45, 2.75) is 39.0 Å². The first-order valence-electron chi connectivity index (χ1n) is 13.0. The molecule has 3 aromatic heterocycles. The van der Waals surface area contributed by atoms with Crippen LogP contribution in [0.2, 0.25) is 0 Å². The third kappa shape index (κ3) is 4.46. The van der Waals surface area contributed by atoms with E-state index in [0.717, 1.165) is 27.7 Å². The van der Waals surface area contributed by atoms with Gasteiger partial charge in [-0.25, -0.2) is 9.37 Å². The normalized spacial score (nSPS) is 17.7. The smallest absolute Gasteiger partial charge is 0.221 e. The number of aromatic amines is 1. The summed E-state index contributed by atoms with van der Waals surface area (Å²) >= 11 is 0. The van der Waals surface area contributed by atoms with Crippen LogP contribution in [0.1, 0.15) is 30.6 Å². The lowest BCUT2D eigenvalue weighted by atomic mass is 10.0. The van der Waals surface area contributed by atoms with Crippen LogP contribution in [0, 0.1) is 18.2 Å². The molecule has 1 aliphatic heterocycles. The number of hydrogen-bond donors (Lipinski definition) is 4. The summed E-state index contributed by atoms with van der Waals surface area (Å²) in [6, 6.07) is 15.8. The van der Waals surface area contributed by atoms with Crippen LogP contribution in [0.3, 0.4) is 0 Å². The van der Waals surface area contributed by atoms with E-state index in [1.807, 2.05) is 59.0 Å². The predicted octanol–water partition coefficient (Wildman–Crippen LogP) is 4.07. The van der Waals surface area contributed by atoms with Crippen LogP contribution in [0.15, 0.2) is 60.8 Å². The van der Waals surface area contributed by atoms with Gasteiger partial charge >= 0.3 is 0 Å². The molecule has 4 N–H and O–H groups in total. The maximum absolute atomic E-state index is 14.5. The van der Waals surface area contributed by atoms with E-state index in [4.69, 9.17) is 5.41 Å². The number of aromatic nitrogens is 4. The van der Waals surface area contributed by atoms with Gasteiger partial charge in [-0.1, -0.05) is 12.1 Å². The van der Waals surface area contributed by atoms with E-state index in [2.05, 4.69) is 15.3 Å². The number of pyridine rings is 1. The van der Waals surface area contributed by atoms with E-state index >= 15 is 0 Å². The largest absolute Gasteiger partial charge is 0.389 e. The fourth-order valence-electron chi connectivity index (χ4n) is 5.71. The van der Waals surface area contributed by atoms with Crippen molar-refractivity contribution in [3.05, 3.63) is 83.5 Å². The van der Waals surface area contributed by atoms with Crippen molar-refractivity contribution in [1.29, 1.82) is 5.41 Å². The minimum absolute atomic E-state index is 0.197. The zero-order valence-corrected chi connectivity index (χ0v) is 21.8. The third-order valence-electron chi connectivity index (χ3n) is 7.49. The molecule has 200 valence electrons. The Bertz CT molecular complexity index is 1770. The van der Waals surface area contributed by atoms with E-state index in [-0.39, 0.29) is 18.1 Å². The lowest BCUT2D eigenvalue weighted by Crippen LogP contribution is -2.47. The van der Waals surface area contributed by atoms with Crippen LogP contribution >= 0.6 is 0 Å². The molecule has 0 bridgehead atoms. The standard InChI is InChI=1S/C29H30FN7O2/c1-17-6-8-23(34-18(2)38)28(33-17)35-13-11-25(27(39)16-35)37-26-14-20(30)7-9-24(26)36(29(37)31)15-19-4-3-5-22-21(19)10-12-32-22/h3-10,12,14,25,27,31-32,39H,11,13,15-16H2,1-2H3,(H,34,38)/t25?,27-/m0/s1. The Morgan fingerprint density at radius 1 is 1.21 bits per heavy atom. The number of piperidine rings is 1. The van der Waals surface area contributed by atoms with Gasteiger partial charge in [-0.15, -0.1) is 0 Å². The molecule has 1 saturated heterocycles. The molecule has 9 nitrogen and oxygen atoms in total. The molecular formula is C29H30FN7O2. The number of aryl methyl sites for hydroxylation is 1. The van der Waals surface area contributed by atoms with E-state index in [0.29, 0.717) is 36.5 Å². The average Bonchev–Trinajstić information content (AvgIpc) is 3.48. The van der Waals surface area contributed by atoms with Gasteiger partial charge in [0, 0.05) is 42.8 Å². The summed E-state index contributed by atoms with van der Waals surface area (Å²) in [4.78, 5) is 21.6. The van der Waals surface area contributed by atoms with E-state index in [1.54, 1.807) is 10.6 Å². The summed E-state index contributed by atoms with van der Waals surface area (Å²) in [6.07, 6.45) is 1.55. The highest BCUT2D eigenvalue weighted by Gasteiger charge is 2.33. The lowest BCUT2D eigenvalue weighted by molar-refractivity contribution is -0.114. The Balaban J connectivity index is 1.37. The van der Waals surface area contributed by atoms with Crippen molar-refractivity contribution < 1.29 is 14.3 Å². The molecule has 1 fully saturated rings. The zero-order chi connectivity index (χ0) is 27.3. The molecular weight excluding hydrogens is 497 g/mol. The van der Waals surface area contributed by atoms with Gasteiger partial charge in [-0.2, -0.15) is 0 Å². The van der Waals surface area contributed by atoms with Crippen LogP contribution in [0.4, 0.5) is 15.9 Å². The molecule has 0 spiro atoms. The molecule has 1 unspecified atom stereocenters.